The van der Waals surface area contributed by atoms with Gasteiger partial charge in [-0.1, -0.05) is 30.3 Å². The molecule has 1 aromatic carbocycles. The fraction of sp³-hybridized carbons (Fsp3) is 0.143. The summed E-state index contributed by atoms with van der Waals surface area (Å²) >= 11 is 0. The van der Waals surface area contributed by atoms with Crippen molar-refractivity contribution in [1.29, 1.82) is 0 Å². The fourth-order valence-electron chi connectivity index (χ4n) is 1.77. The molecule has 0 aliphatic rings. The van der Waals surface area contributed by atoms with E-state index in [0.29, 0.717) is 17.9 Å². The van der Waals surface area contributed by atoms with Crippen molar-refractivity contribution < 1.29 is 4.79 Å². The summed E-state index contributed by atoms with van der Waals surface area (Å²) in [7, 11) is 0. The van der Waals surface area contributed by atoms with Gasteiger partial charge in [0, 0.05) is 12.7 Å². The van der Waals surface area contributed by atoms with Crippen LogP contribution in [-0.4, -0.2) is 17.4 Å². The highest BCUT2D eigenvalue weighted by Crippen LogP contribution is 2.17. The molecule has 0 bridgehead atoms. The molecule has 0 saturated carbocycles. The molecule has 1 heterocycles. The van der Waals surface area contributed by atoms with E-state index in [2.05, 4.69) is 10.3 Å². The highest BCUT2D eigenvalue weighted by Gasteiger charge is 2.09. The van der Waals surface area contributed by atoms with Gasteiger partial charge in [-0.25, -0.2) is 4.98 Å². The van der Waals surface area contributed by atoms with Gasteiger partial charge >= 0.3 is 0 Å². The first kappa shape index (κ1) is 13.0. The minimum absolute atomic E-state index is 0.0203. The summed E-state index contributed by atoms with van der Waals surface area (Å²) in [5.74, 6) is 0.168. The number of pyridine rings is 1. The van der Waals surface area contributed by atoms with E-state index in [1.54, 1.807) is 12.1 Å². The number of nitrogens with two attached hydrogens (primary N) is 2. The van der Waals surface area contributed by atoms with Crippen molar-refractivity contribution in [3.05, 3.63) is 59.8 Å². The first-order valence-electron chi connectivity index (χ1n) is 5.98. The first-order chi connectivity index (χ1) is 9.20. The lowest BCUT2D eigenvalue weighted by Gasteiger charge is -2.17. The average Bonchev–Trinajstić information content (AvgIpc) is 2.46. The molecule has 2 rings (SSSR count). The number of aromatic nitrogens is 1. The number of benzene rings is 1. The molecule has 2 aromatic rings. The predicted octanol–water partition coefficient (Wildman–Crippen LogP) is 1.29. The molecular weight excluding hydrogens is 240 g/mol. The molecule has 5 N–H and O–H groups in total. The van der Waals surface area contributed by atoms with Crippen LogP contribution < -0.4 is 16.8 Å². The first-order valence-corrected chi connectivity index (χ1v) is 5.98. The van der Waals surface area contributed by atoms with Crippen molar-refractivity contribution in [2.45, 2.75) is 6.04 Å². The molecule has 98 valence electrons. The number of nitrogens with zero attached hydrogens (tertiary/aromatic N) is 1. The average molecular weight is 256 g/mol. The highest BCUT2D eigenvalue weighted by atomic mass is 16.1. The van der Waals surface area contributed by atoms with E-state index in [1.165, 1.54) is 6.20 Å². The van der Waals surface area contributed by atoms with Crippen molar-refractivity contribution in [3.8, 4) is 0 Å². The van der Waals surface area contributed by atoms with Crippen molar-refractivity contribution in [1.82, 2.24) is 4.98 Å². The van der Waals surface area contributed by atoms with Gasteiger partial charge in [-0.05, 0) is 17.7 Å². The number of amides is 1. The van der Waals surface area contributed by atoms with Gasteiger partial charge in [0.25, 0.3) is 0 Å². The summed E-state index contributed by atoms with van der Waals surface area (Å²) in [5, 5.41) is 3.22. The van der Waals surface area contributed by atoms with Crippen LogP contribution in [0.15, 0.2) is 48.7 Å². The van der Waals surface area contributed by atoms with Crippen LogP contribution in [0.3, 0.4) is 0 Å². The van der Waals surface area contributed by atoms with Crippen molar-refractivity contribution in [3.63, 3.8) is 0 Å². The molecule has 1 unspecified atom stereocenters. The largest absolute Gasteiger partial charge is 0.366 e. The number of primary amides is 1. The monoisotopic (exact) mass is 256 g/mol. The normalized spacial score (nSPS) is 11.8. The second kappa shape index (κ2) is 5.97. The molecule has 5 nitrogen and oxygen atoms in total. The Morgan fingerprint density at radius 3 is 2.47 bits per heavy atom. The maximum atomic E-state index is 11.0. The Morgan fingerprint density at radius 1 is 1.21 bits per heavy atom. The number of hydrogen-bond donors (Lipinski definition) is 3. The van der Waals surface area contributed by atoms with Crippen LogP contribution in [-0.2, 0) is 0 Å². The fourth-order valence-corrected chi connectivity index (χ4v) is 1.77. The van der Waals surface area contributed by atoms with E-state index < -0.39 is 5.91 Å². The number of rotatable bonds is 5. The lowest BCUT2D eigenvalue weighted by Crippen LogP contribution is -2.21. The minimum Gasteiger partial charge on any atom is -0.366 e. The number of anilines is 1. The second-order valence-electron chi connectivity index (χ2n) is 4.14. The Hall–Kier alpha value is -2.40. The third-order valence-electron chi connectivity index (χ3n) is 2.81. The molecule has 0 fully saturated rings. The van der Waals surface area contributed by atoms with Gasteiger partial charge in [-0.3, -0.25) is 4.79 Å². The topological polar surface area (TPSA) is 94.0 Å². The molecule has 1 atom stereocenters. The van der Waals surface area contributed by atoms with E-state index in [4.69, 9.17) is 11.5 Å². The summed E-state index contributed by atoms with van der Waals surface area (Å²) in [6.45, 7) is 0.448. The summed E-state index contributed by atoms with van der Waals surface area (Å²) in [5.41, 5.74) is 12.4. The van der Waals surface area contributed by atoms with Gasteiger partial charge in [-0.2, -0.15) is 0 Å². The van der Waals surface area contributed by atoms with E-state index in [-0.39, 0.29) is 6.04 Å². The summed E-state index contributed by atoms with van der Waals surface area (Å²) in [6.07, 6.45) is 1.45. The standard InChI is InChI=1S/C14H16N4O/c15-8-12(10-4-2-1-3-5-10)18-13-7-6-11(9-17-13)14(16)19/h1-7,9,12H,8,15H2,(H2,16,19)(H,17,18). The van der Waals surface area contributed by atoms with Crippen LogP contribution in [0.25, 0.3) is 0 Å². The van der Waals surface area contributed by atoms with Crippen molar-refractivity contribution >= 4 is 11.7 Å². The Morgan fingerprint density at radius 2 is 1.95 bits per heavy atom. The van der Waals surface area contributed by atoms with Crippen LogP contribution >= 0.6 is 0 Å². The summed E-state index contributed by atoms with van der Waals surface area (Å²) in [6, 6.07) is 13.2. The SMILES string of the molecule is NCC(Nc1ccc(C(N)=O)cn1)c1ccccc1. The molecule has 1 amide bonds. The predicted molar refractivity (Wildman–Crippen MR) is 74.6 cm³/mol. The lowest BCUT2D eigenvalue weighted by molar-refractivity contribution is 0.1000. The molecule has 1 aromatic heterocycles. The van der Waals surface area contributed by atoms with E-state index >= 15 is 0 Å². The van der Waals surface area contributed by atoms with Gasteiger partial charge in [-0.15, -0.1) is 0 Å². The van der Waals surface area contributed by atoms with Gasteiger partial charge in [0.1, 0.15) is 5.82 Å². The summed E-state index contributed by atoms with van der Waals surface area (Å²) in [4.78, 5) is 15.1. The van der Waals surface area contributed by atoms with Gasteiger partial charge in [0.2, 0.25) is 5.91 Å². The maximum Gasteiger partial charge on any atom is 0.250 e. The number of nitrogens with one attached hydrogen (secondary N) is 1. The van der Waals surface area contributed by atoms with E-state index in [1.807, 2.05) is 30.3 Å². The minimum atomic E-state index is -0.488. The Labute approximate surface area is 111 Å². The smallest absolute Gasteiger partial charge is 0.250 e. The zero-order valence-electron chi connectivity index (χ0n) is 10.4. The molecule has 0 spiro atoms. The number of carbonyl (C=O) groups excluding carboxylic acids is 1. The van der Waals surface area contributed by atoms with E-state index in [0.717, 1.165) is 5.56 Å². The van der Waals surface area contributed by atoms with Gasteiger partial charge in [0.15, 0.2) is 0 Å². The van der Waals surface area contributed by atoms with Crippen LogP contribution in [0, 0.1) is 0 Å². The number of hydrogen-bond acceptors (Lipinski definition) is 4. The zero-order chi connectivity index (χ0) is 13.7. The molecule has 0 radical (unpaired) electrons. The molecule has 0 saturated heterocycles. The zero-order valence-corrected chi connectivity index (χ0v) is 10.4. The summed E-state index contributed by atoms with van der Waals surface area (Å²) < 4.78 is 0. The third kappa shape index (κ3) is 3.29. The molecule has 0 aliphatic heterocycles. The Bertz CT molecular complexity index is 539. The number of carbonyl (C=O) groups is 1. The van der Waals surface area contributed by atoms with Gasteiger partial charge in [0.05, 0.1) is 11.6 Å². The molecule has 5 heteroatoms. The van der Waals surface area contributed by atoms with Crippen molar-refractivity contribution in [2.24, 2.45) is 11.5 Å². The quantitative estimate of drug-likeness (QED) is 0.751. The van der Waals surface area contributed by atoms with Crippen molar-refractivity contribution in [2.75, 3.05) is 11.9 Å². The van der Waals surface area contributed by atoms with Gasteiger partial charge < -0.3 is 16.8 Å². The Balaban J connectivity index is 2.12. The van der Waals surface area contributed by atoms with Crippen LogP contribution in [0.1, 0.15) is 22.0 Å². The molecular formula is C14H16N4O. The maximum absolute atomic E-state index is 11.0. The van der Waals surface area contributed by atoms with Crippen LogP contribution in [0.5, 0.6) is 0 Å². The highest BCUT2D eigenvalue weighted by molar-refractivity contribution is 5.92. The van der Waals surface area contributed by atoms with Crippen LogP contribution in [0.4, 0.5) is 5.82 Å². The second-order valence-corrected chi connectivity index (χ2v) is 4.14. The molecule has 0 aliphatic carbocycles. The van der Waals surface area contributed by atoms with E-state index in [9.17, 15) is 4.79 Å². The molecule has 19 heavy (non-hydrogen) atoms. The third-order valence-corrected chi connectivity index (χ3v) is 2.81. The Kier molecular flexibility index (Phi) is 4.10. The lowest BCUT2D eigenvalue weighted by atomic mass is 10.1. The van der Waals surface area contributed by atoms with Crippen LogP contribution in [0.2, 0.25) is 0 Å².